The van der Waals surface area contributed by atoms with Gasteiger partial charge in [0.1, 0.15) is 0 Å². The molecule has 0 radical (unpaired) electrons. The minimum atomic E-state index is -0.755. The molecule has 28 heavy (non-hydrogen) atoms. The van der Waals surface area contributed by atoms with Gasteiger partial charge < -0.3 is 10.4 Å². The van der Waals surface area contributed by atoms with Crippen molar-refractivity contribution in [1.29, 1.82) is 0 Å². The molecule has 2 aromatic carbocycles. The number of aliphatic hydroxyl groups is 1. The fourth-order valence-corrected chi connectivity index (χ4v) is 3.05. The highest BCUT2D eigenvalue weighted by molar-refractivity contribution is 6.44. The van der Waals surface area contributed by atoms with Gasteiger partial charge in [0.2, 0.25) is 5.91 Å². The summed E-state index contributed by atoms with van der Waals surface area (Å²) in [5, 5.41) is 12.9. The zero-order valence-corrected chi connectivity index (χ0v) is 16.2. The molecule has 0 aromatic heterocycles. The van der Waals surface area contributed by atoms with E-state index in [-0.39, 0.29) is 16.9 Å². The lowest BCUT2D eigenvalue weighted by Crippen LogP contribution is -2.31. The van der Waals surface area contributed by atoms with Crippen LogP contribution in [0.25, 0.3) is 5.57 Å². The molecule has 2 aromatic rings. The van der Waals surface area contributed by atoms with Crippen LogP contribution in [0.2, 0.25) is 0 Å². The van der Waals surface area contributed by atoms with Crippen LogP contribution in [0.3, 0.4) is 0 Å². The molecular formula is C22H22N2O4. The van der Waals surface area contributed by atoms with Crippen molar-refractivity contribution in [3.05, 3.63) is 65.4 Å². The van der Waals surface area contributed by atoms with Crippen LogP contribution in [0.1, 0.15) is 38.8 Å². The van der Waals surface area contributed by atoms with Crippen molar-refractivity contribution < 1.29 is 19.5 Å². The summed E-state index contributed by atoms with van der Waals surface area (Å²) in [5.74, 6) is -2.14. The Bertz CT molecular complexity index is 981. The van der Waals surface area contributed by atoms with Crippen molar-refractivity contribution >= 4 is 34.7 Å². The first-order valence-corrected chi connectivity index (χ1v) is 8.90. The molecule has 0 aliphatic carbocycles. The second-order valence-corrected chi connectivity index (χ2v) is 7.72. The second kappa shape index (κ2) is 6.96. The van der Waals surface area contributed by atoms with Crippen LogP contribution >= 0.6 is 0 Å². The topological polar surface area (TPSA) is 86.7 Å². The highest BCUT2D eigenvalue weighted by Crippen LogP contribution is 2.33. The maximum absolute atomic E-state index is 12.9. The van der Waals surface area contributed by atoms with Crippen molar-refractivity contribution in [2.75, 3.05) is 10.2 Å². The molecule has 6 nitrogen and oxygen atoms in total. The quantitative estimate of drug-likeness (QED) is 0.796. The number of aliphatic hydroxyl groups excluding tert-OH is 1. The van der Waals surface area contributed by atoms with Crippen LogP contribution in [-0.2, 0) is 19.8 Å². The van der Waals surface area contributed by atoms with Gasteiger partial charge in [0, 0.05) is 12.6 Å². The van der Waals surface area contributed by atoms with Crippen molar-refractivity contribution in [2.24, 2.45) is 0 Å². The van der Waals surface area contributed by atoms with E-state index in [9.17, 15) is 19.5 Å². The minimum absolute atomic E-state index is 0.0562. The Labute approximate surface area is 163 Å². The molecule has 3 rings (SSSR count). The molecule has 0 bridgehead atoms. The Morgan fingerprint density at radius 2 is 1.50 bits per heavy atom. The lowest BCUT2D eigenvalue weighted by atomic mass is 9.87. The predicted molar refractivity (Wildman–Crippen MR) is 108 cm³/mol. The fraction of sp³-hybridized carbons (Fsp3) is 0.227. The monoisotopic (exact) mass is 378 g/mol. The molecule has 6 heteroatoms. The predicted octanol–water partition coefficient (Wildman–Crippen LogP) is 3.79. The molecule has 0 spiro atoms. The zero-order chi connectivity index (χ0) is 20.6. The summed E-state index contributed by atoms with van der Waals surface area (Å²) in [6.07, 6.45) is 0. The van der Waals surface area contributed by atoms with E-state index in [0.29, 0.717) is 16.9 Å². The van der Waals surface area contributed by atoms with E-state index in [1.54, 1.807) is 36.4 Å². The highest BCUT2D eigenvalue weighted by atomic mass is 16.3. The summed E-state index contributed by atoms with van der Waals surface area (Å²) >= 11 is 0. The lowest BCUT2D eigenvalue weighted by molar-refractivity contribution is -0.121. The third-order valence-corrected chi connectivity index (χ3v) is 4.54. The smallest absolute Gasteiger partial charge is 0.301 e. The van der Waals surface area contributed by atoms with E-state index >= 15 is 0 Å². The molecule has 3 amide bonds. The second-order valence-electron chi connectivity index (χ2n) is 7.72. The fourth-order valence-electron chi connectivity index (χ4n) is 3.05. The Kier molecular flexibility index (Phi) is 4.81. The largest absolute Gasteiger partial charge is 0.502 e. The van der Waals surface area contributed by atoms with Gasteiger partial charge in [0.05, 0.1) is 11.3 Å². The summed E-state index contributed by atoms with van der Waals surface area (Å²) in [6, 6.07) is 13.5. The van der Waals surface area contributed by atoms with Crippen molar-refractivity contribution in [2.45, 2.75) is 33.1 Å². The van der Waals surface area contributed by atoms with Gasteiger partial charge in [-0.1, -0.05) is 45.0 Å². The van der Waals surface area contributed by atoms with E-state index in [2.05, 4.69) is 26.1 Å². The number of nitrogens with one attached hydrogen (secondary N) is 1. The van der Waals surface area contributed by atoms with E-state index in [4.69, 9.17) is 0 Å². The number of hydrogen-bond acceptors (Lipinski definition) is 4. The van der Waals surface area contributed by atoms with Gasteiger partial charge in [-0.2, -0.15) is 0 Å². The summed E-state index contributed by atoms with van der Waals surface area (Å²) in [4.78, 5) is 37.5. The molecule has 1 heterocycles. The number of amides is 3. The summed E-state index contributed by atoms with van der Waals surface area (Å²) in [7, 11) is 0. The molecule has 2 N–H and O–H groups in total. The number of rotatable bonds is 3. The molecule has 0 unspecified atom stereocenters. The van der Waals surface area contributed by atoms with E-state index < -0.39 is 17.6 Å². The van der Waals surface area contributed by atoms with E-state index in [0.717, 1.165) is 10.5 Å². The van der Waals surface area contributed by atoms with E-state index in [1.807, 2.05) is 12.1 Å². The van der Waals surface area contributed by atoms with Crippen molar-refractivity contribution in [1.82, 2.24) is 0 Å². The third-order valence-electron chi connectivity index (χ3n) is 4.54. The highest BCUT2D eigenvalue weighted by Gasteiger charge is 2.40. The molecule has 0 saturated carbocycles. The van der Waals surface area contributed by atoms with Crippen LogP contribution in [0, 0.1) is 0 Å². The molecule has 0 fully saturated rings. The van der Waals surface area contributed by atoms with Crippen LogP contribution in [-0.4, -0.2) is 22.8 Å². The van der Waals surface area contributed by atoms with Gasteiger partial charge in [0.25, 0.3) is 5.91 Å². The van der Waals surface area contributed by atoms with E-state index in [1.165, 1.54) is 6.92 Å². The Morgan fingerprint density at radius 3 is 2.00 bits per heavy atom. The Balaban J connectivity index is 1.91. The number of carbonyl (C=O) groups is 3. The number of nitrogens with zero attached hydrogens (tertiary/aromatic N) is 1. The summed E-state index contributed by atoms with van der Waals surface area (Å²) < 4.78 is 0. The van der Waals surface area contributed by atoms with Gasteiger partial charge >= 0.3 is 5.91 Å². The van der Waals surface area contributed by atoms with Crippen molar-refractivity contribution in [3.63, 3.8) is 0 Å². The number of hydrogen-bond donors (Lipinski definition) is 2. The number of anilines is 2. The van der Waals surface area contributed by atoms with Gasteiger partial charge in [0.15, 0.2) is 5.76 Å². The third kappa shape index (κ3) is 3.53. The lowest BCUT2D eigenvalue weighted by Gasteiger charge is -2.21. The van der Waals surface area contributed by atoms with Crippen LogP contribution in [0.5, 0.6) is 0 Å². The number of carbonyl (C=O) groups excluding carboxylic acids is 3. The van der Waals surface area contributed by atoms with Crippen LogP contribution in [0.15, 0.2) is 54.3 Å². The molecule has 1 aliphatic rings. The average Bonchev–Trinajstić information content (AvgIpc) is 2.84. The molecular weight excluding hydrogens is 356 g/mol. The standard InChI is InChI=1S/C22H22N2O4/c1-13(25)23-16-9-5-14(6-10-16)18-19(26)21(28)24(20(18)27)17-11-7-15(8-12-17)22(2,3)4/h5-12,26H,1-4H3,(H,23,25). The summed E-state index contributed by atoms with van der Waals surface area (Å²) in [6.45, 7) is 7.61. The zero-order valence-electron chi connectivity index (χ0n) is 16.2. The maximum Gasteiger partial charge on any atom is 0.301 e. The first kappa shape index (κ1) is 19.4. The first-order chi connectivity index (χ1) is 13.1. The van der Waals surface area contributed by atoms with Crippen LogP contribution < -0.4 is 10.2 Å². The van der Waals surface area contributed by atoms with Gasteiger partial charge in [-0.05, 0) is 40.8 Å². The number of imide groups is 1. The molecule has 1 aliphatic heterocycles. The van der Waals surface area contributed by atoms with Gasteiger partial charge in [-0.25, -0.2) is 4.90 Å². The Hall–Kier alpha value is -3.41. The van der Waals surface area contributed by atoms with Gasteiger partial charge in [-0.3, -0.25) is 14.4 Å². The first-order valence-electron chi connectivity index (χ1n) is 8.90. The average molecular weight is 378 g/mol. The summed E-state index contributed by atoms with van der Waals surface area (Å²) in [5.41, 5.74) is 2.32. The Morgan fingerprint density at radius 1 is 0.929 bits per heavy atom. The molecule has 0 atom stereocenters. The SMILES string of the molecule is CC(=O)Nc1ccc(C2=C(O)C(=O)N(c3ccc(C(C)(C)C)cc3)C2=O)cc1. The normalized spacial score (nSPS) is 14.6. The maximum atomic E-state index is 12.9. The van der Waals surface area contributed by atoms with Gasteiger partial charge in [-0.15, -0.1) is 0 Å². The minimum Gasteiger partial charge on any atom is -0.502 e. The van der Waals surface area contributed by atoms with Crippen LogP contribution in [0.4, 0.5) is 11.4 Å². The van der Waals surface area contributed by atoms with Crippen molar-refractivity contribution in [3.8, 4) is 0 Å². The molecule has 144 valence electrons. The molecule has 0 saturated heterocycles. The number of benzene rings is 2.